The molecule has 2 aromatic rings. The van der Waals surface area contributed by atoms with E-state index in [9.17, 15) is 0 Å². The Morgan fingerprint density at radius 3 is 2.72 bits per heavy atom. The average Bonchev–Trinajstić information content (AvgIpc) is 2.70. The van der Waals surface area contributed by atoms with Crippen LogP contribution in [0.3, 0.4) is 0 Å². The molecule has 2 rings (SSSR count). The van der Waals surface area contributed by atoms with E-state index in [2.05, 4.69) is 25.3 Å². The van der Waals surface area contributed by atoms with E-state index in [1.807, 2.05) is 18.5 Å². The van der Waals surface area contributed by atoms with Crippen LogP contribution in [0.25, 0.3) is 0 Å². The molecule has 0 radical (unpaired) electrons. The summed E-state index contributed by atoms with van der Waals surface area (Å²) in [6, 6.07) is 0. The van der Waals surface area contributed by atoms with Crippen LogP contribution in [-0.2, 0) is 7.05 Å². The van der Waals surface area contributed by atoms with Crippen molar-refractivity contribution in [1.29, 1.82) is 0 Å². The average molecular weight is 265 g/mol. The maximum atomic E-state index is 8.69. The smallest absolute Gasteiger partial charge is 0.197 e. The summed E-state index contributed by atoms with van der Waals surface area (Å²) in [5.41, 5.74) is 5.84. The zero-order valence-corrected chi connectivity index (χ0v) is 10.6. The second kappa shape index (κ2) is 5.00. The van der Waals surface area contributed by atoms with E-state index in [1.165, 1.54) is 24.2 Å². The van der Waals surface area contributed by atoms with Crippen LogP contribution in [0.1, 0.15) is 11.5 Å². The molecule has 2 aromatic heterocycles. The van der Waals surface area contributed by atoms with Gasteiger partial charge in [-0.1, -0.05) is 5.16 Å². The Morgan fingerprint density at radius 2 is 2.11 bits per heavy atom. The van der Waals surface area contributed by atoms with Crippen LogP contribution in [0.2, 0.25) is 0 Å². The highest BCUT2D eigenvalue weighted by molar-refractivity contribution is 7.99. The first-order valence-electron chi connectivity index (χ1n) is 4.96. The standard InChI is InChI=1S/C9H11N7OS/c1-5-13-14-9(16(5)2)18-8-6(7(10)15-17)11-3-4-12-8/h3-4,17H,1-2H3,(H2,10,15). The Hall–Kier alpha value is -2.16. The van der Waals surface area contributed by atoms with E-state index in [4.69, 9.17) is 10.9 Å². The maximum absolute atomic E-state index is 8.69. The SMILES string of the molecule is Cc1nnc(Sc2nccnc2C(N)=NO)n1C. The first kappa shape index (κ1) is 12.3. The molecule has 0 fully saturated rings. The summed E-state index contributed by atoms with van der Waals surface area (Å²) in [4.78, 5) is 8.17. The lowest BCUT2D eigenvalue weighted by Gasteiger charge is -2.04. The van der Waals surface area contributed by atoms with E-state index in [1.54, 1.807) is 0 Å². The van der Waals surface area contributed by atoms with Crippen molar-refractivity contribution in [2.45, 2.75) is 17.1 Å². The van der Waals surface area contributed by atoms with Crippen molar-refractivity contribution in [2.24, 2.45) is 17.9 Å². The molecule has 0 aliphatic carbocycles. The van der Waals surface area contributed by atoms with Crippen LogP contribution in [0.15, 0.2) is 27.7 Å². The van der Waals surface area contributed by atoms with Gasteiger partial charge in [-0.3, -0.25) is 0 Å². The molecule has 18 heavy (non-hydrogen) atoms. The normalized spacial score (nSPS) is 11.8. The highest BCUT2D eigenvalue weighted by Gasteiger charge is 2.14. The molecule has 0 bridgehead atoms. The maximum Gasteiger partial charge on any atom is 0.197 e. The summed E-state index contributed by atoms with van der Waals surface area (Å²) in [6.07, 6.45) is 3.00. The summed E-state index contributed by atoms with van der Waals surface area (Å²) in [5.74, 6) is 0.691. The molecule has 0 aliphatic heterocycles. The van der Waals surface area contributed by atoms with Crippen LogP contribution in [-0.4, -0.2) is 35.8 Å². The second-order valence-corrected chi connectivity index (χ2v) is 4.34. The molecule has 0 saturated heterocycles. The first-order valence-corrected chi connectivity index (χ1v) is 5.78. The van der Waals surface area contributed by atoms with Crippen LogP contribution in [0.4, 0.5) is 0 Å². The predicted octanol–water partition coefficient (Wildman–Crippen LogP) is 0.159. The number of amidine groups is 1. The largest absolute Gasteiger partial charge is 0.409 e. The van der Waals surface area contributed by atoms with Gasteiger partial charge < -0.3 is 15.5 Å². The molecule has 2 heterocycles. The van der Waals surface area contributed by atoms with Gasteiger partial charge in [-0.05, 0) is 18.7 Å². The molecule has 0 amide bonds. The third kappa shape index (κ3) is 2.25. The molecule has 0 unspecified atom stereocenters. The number of aryl methyl sites for hydroxylation is 1. The molecule has 94 valence electrons. The van der Waals surface area contributed by atoms with Crippen LogP contribution >= 0.6 is 11.8 Å². The third-order valence-corrected chi connectivity index (χ3v) is 3.29. The lowest BCUT2D eigenvalue weighted by Crippen LogP contribution is -2.16. The van der Waals surface area contributed by atoms with Crippen molar-refractivity contribution >= 4 is 17.6 Å². The minimum absolute atomic E-state index is 0.0931. The van der Waals surface area contributed by atoms with Crippen molar-refractivity contribution < 1.29 is 5.21 Å². The molecular formula is C9H11N7OS. The Morgan fingerprint density at radius 1 is 1.39 bits per heavy atom. The van der Waals surface area contributed by atoms with Crippen LogP contribution in [0, 0.1) is 6.92 Å². The lowest BCUT2D eigenvalue weighted by molar-refractivity contribution is 0.318. The fourth-order valence-corrected chi connectivity index (χ4v) is 2.08. The number of aromatic nitrogens is 5. The Bertz CT molecular complexity index is 594. The van der Waals surface area contributed by atoms with Gasteiger partial charge in [-0.25, -0.2) is 9.97 Å². The zero-order valence-electron chi connectivity index (χ0n) is 9.77. The summed E-state index contributed by atoms with van der Waals surface area (Å²) in [5, 5.41) is 20.7. The Labute approximate surface area is 107 Å². The van der Waals surface area contributed by atoms with Crippen molar-refractivity contribution in [2.75, 3.05) is 0 Å². The highest BCUT2D eigenvalue weighted by Crippen LogP contribution is 2.25. The van der Waals surface area contributed by atoms with Gasteiger partial charge in [0.1, 0.15) is 16.5 Å². The quantitative estimate of drug-likeness (QED) is 0.351. The molecule has 9 heteroatoms. The predicted molar refractivity (Wildman–Crippen MR) is 64.4 cm³/mol. The summed E-state index contributed by atoms with van der Waals surface area (Å²) in [7, 11) is 1.84. The molecule has 0 spiro atoms. The summed E-state index contributed by atoms with van der Waals surface area (Å²) in [6.45, 7) is 1.85. The van der Waals surface area contributed by atoms with Gasteiger partial charge in [0.25, 0.3) is 0 Å². The molecule has 0 atom stereocenters. The fraction of sp³-hybridized carbons (Fsp3) is 0.222. The van der Waals surface area contributed by atoms with Crippen molar-refractivity contribution in [3.05, 3.63) is 23.9 Å². The summed E-state index contributed by atoms with van der Waals surface area (Å²) >= 11 is 1.25. The van der Waals surface area contributed by atoms with Crippen molar-refractivity contribution in [3.8, 4) is 0 Å². The topological polar surface area (TPSA) is 115 Å². The number of hydrogen-bond donors (Lipinski definition) is 2. The molecular weight excluding hydrogens is 254 g/mol. The monoisotopic (exact) mass is 265 g/mol. The number of nitrogens with two attached hydrogens (primary N) is 1. The van der Waals surface area contributed by atoms with E-state index in [-0.39, 0.29) is 5.84 Å². The summed E-state index contributed by atoms with van der Waals surface area (Å²) < 4.78 is 1.81. The van der Waals surface area contributed by atoms with Gasteiger partial charge >= 0.3 is 0 Å². The Kier molecular flexibility index (Phi) is 3.42. The van der Waals surface area contributed by atoms with E-state index in [0.717, 1.165) is 5.82 Å². The number of rotatable bonds is 3. The van der Waals surface area contributed by atoms with Gasteiger partial charge in [-0.2, -0.15) is 0 Å². The highest BCUT2D eigenvalue weighted by atomic mass is 32.2. The molecule has 0 aromatic carbocycles. The molecule has 0 saturated carbocycles. The number of oxime groups is 1. The fourth-order valence-electron chi connectivity index (χ4n) is 1.19. The van der Waals surface area contributed by atoms with Crippen LogP contribution in [0.5, 0.6) is 0 Å². The molecule has 3 N–H and O–H groups in total. The van der Waals surface area contributed by atoms with E-state index < -0.39 is 0 Å². The van der Waals surface area contributed by atoms with E-state index in [0.29, 0.717) is 15.9 Å². The van der Waals surface area contributed by atoms with Gasteiger partial charge in [0, 0.05) is 19.4 Å². The van der Waals surface area contributed by atoms with Crippen molar-refractivity contribution in [1.82, 2.24) is 24.7 Å². The minimum atomic E-state index is -0.0931. The third-order valence-electron chi connectivity index (χ3n) is 2.26. The molecule has 0 aliphatic rings. The van der Waals surface area contributed by atoms with Gasteiger partial charge in [0.2, 0.25) is 0 Å². The van der Waals surface area contributed by atoms with E-state index >= 15 is 0 Å². The first-order chi connectivity index (χ1) is 8.63. The van der Waals surface area contributed by atoms with Gasteiger partial charge in [0.05, 0.1) is 0 Å². The van der Waals surface area contributed by atoms with Crippen LogP contribution < -0.4 is 5.73 Å². The zero-order chi connectivity index (χ0) is 13.1. The number of hydrogen-bond acceptors (Lipinski definition) is 7. The molecule has 8 nitrogen and oxygen atoms in total. The number of nitrogens with zero attached hydrogens (tertiary/aromatic N) is 6. The van der Waals surface area contributed by atoms with Crippen molar-refractivity contribution in [3.63, 3.8) is 0 Å². The van der Waals surface area contributed by atoms with Gasteiger partial charge in [0.15, 0.2) is 11.0 Å². The second-order valence-electron chi connectivity index (χ2n) is 3.39. The lowest BCUT2D eigenvalue weighted by atomic mass is 10.4. The minimum Gasteiger partial charge on any atom is -0.409 e. The van der Waals surface area contributed by atoms with Gasteiger partial charge in [-0.15, -0.1) is 10.2 Å². The Balaban J connectivity index is 2.38.